The largest absolute Gasteiger partial charge is 0.393 e. The number of nitrogens with zero attached hydrogens (tertiary/aromatic N) is 4. The number of anilines is 2. The van der Waals surface area contributed by atoms with Gasteiger partial charge < -0.3 is 20.6 Å². The van der Waals surface area contributed by atoms with Crippen LogP contribution in [0.4, 0.5) is 20.3 Å². The molecule has 1 fully saturated rings. The zero-order chi connectivity index (χ0) is 23.8. The van der Waals surface area contributed by atoms with Crippen LogP contribution in [0, 0.1) is 0 Å². The van der Waals surface area contributed by atoms with Crippen LogP contribution in [0.1, 0.15) is 55.6 Å². The molecule has 2 aromatic rings. The summed E-state index contributed by atoms with van der Waals surface area (Å²) in [6.45, 7) is 3.12. The fraction of sp³-hybridized carbons (Fsp3) is 0.478. The van der Waals surface area contributed by atoms with Gasteiger partial charge in [-0.05, 0) is 31.4 Å². The van der Waals surface area contributed by atoms with Crippen molar-refractivity contribution in [2.45, 2.75) is 51.6 Å². The van der Waals surface area contributed by atoms with Crippen molar-refractivity contribution < 1.29 is 18.7 Å². The van der Waals surface area contributed by atoms with Crippen molar-refractivity contribution in [1.82, 2.24) is 19.9 Å². The summed E-state index contributed by atoms with van der Waals surface area (Å²) in [5.74, 6) is -2.69. The standard InChI is InChI=1S/C23H30F2N6O2/c1-3-4-5-18(30-21-6-9-26-15-29-21)17-13-27-20(12-19(17)28-14-23(2,24)25)22(33)31-10-7-16(32)8-11-31/h5-6,9,12-13,15-16,32H,3-4,7-8,10-11,14H2,1-2H3,(H,27,28)(H,26,29,30)/b18-5+. The molecule has 1 saturated heterocycles. The summed E-state index contributed by atoms with van der Waals surface area (Å²) < 4.78 is 27.3. The zero-order valence-corrected chi connectivity index (χ0v) is 18.9. The number of aliphatic hydroxyl groups excluding tert-OH is 1. The molecule has 0 aliphatic carbocycles. The molecule has 0 radical (unpaired) electrons. The van der Waals surface area contributed by atoms with E-state index in [4.69, 9.17) is 0 Å². The van der Waals surface area contributed by atoms with E-state index in [0.29, 0.717) is 48.7 Å². The second-order valence-electron chi connectivity index (χ2n) is 8.19. The van der Waals surface area contributed by atoms with Gasteiger partial charge in [0.15, 0.2) is 0 Å². The lowest BCUT2D eigenvalue weighted by Crippen LogP contribution is -2.40. The Kier molecular flexibility index (Phi) is 8.26. The summed E-state index contributed by atoms with van der Waals surface area (Å²) in [5, 5.41) is 15.7. The van der Waals surface area contributed by atoms with E-state index in [1.807, 2.05) is 13.0 Å². The molecule has 3 N–H and O–H groups in total. The summed E-state index contributed by atoms with van der Waals surface area (Å²) in [4.78, 5) is 27.0. The van der Waals surface area contributed by atoms with Crippen molar-refractivity contribution in [2.24, 2.45) is 0 Å². The van der Waals surface area contributed by atoms with Crippen LogP contribution in [0.2, 0.25) is 0 Å². The number of amides is 1. The number of nitrogens with one attached hydrogen (secondary N) is 2. The molecule has 0 unspecified atom stereocenters. The predicted octanol–water partition coefficient (Wildman–Crippen LogP) is 3.79. The van der Waals surface area contributed by atoms with E-state index in [1.165, 1.54) is 18.6 Å². The van der Waals surface area contributed by atoms with E-state index >= 15 is 0 Å². The summed E-state index contributed by atoms with van der Waals surface area (Å²) in [5.41, 5.74) is 1.73. The van der Waals surface area contributed by atoms with E-state index < -0.39 is 18.6 Å². The molecule has 0 aromatic carbocycles. The monoisotopic (exact) mass is 460 g/mol. The third kappa shape index (κ3) is 7.18. The Labute approximate surface area is 192 Å². The number of hydrogen-bond donors (Lipinski definition) is 3. The number of rotatable bonds is 9. The molecular weight excluding hydrogens is 430 g/mol. The number of carbonyl (C=O) groups is 1. The number of aromatic nitrogens is 3. The lowest BCUT2D eigenvalue weighted by atomic mass is 10.1. The molecular formula is C23H30F2N6O2. The Morgan fingerprint density at radius 2 is 2.09 bits per heavy atom. The average molecular weight is 461 g/mol. The highest BCUT2D eigenvalue weighted by atomic mass is 19.3. The molecule has 33 heavy (non-hydrogen) atoms. The quantitative estimate of drug-likeness (QED) is 0.523. The van der Waals surface area contributed by atoms with Crippen LogP contribution in [0.15, 0.2) is 36.9 Å². The molecule has 0 saturated carbocycles. The van der Waals surface area contributed by atoms with Gasteiger partial charge in [-0.25, -0.2) is 18.7 Å². The molecule has 1 amide bonds. The zero-order valence-electron chi connectivity index (χ0n) is 18.9. The SMILES string of the molecule is CCC/C=C(/Nc1ccncn1)c1cnc(C(=O)N2CCC(O)CC2)cc1NCC(C)(F)F. The van der Waals surface area contributed by atoms with Crippen molar-refractivity contribution in [1.29, 1.82) is 0 Å². The lowest BCUT2D eigenvalue weighted by molar-refractivity contribution is 0.0367. The fourth-order valence-corrected chi connectivity index (χ4v) is 3.43. The molecule has 0 bridgehead atoms. The maximum atomic E-state index is 13.7. The van der Waals surface area contributed by atoms with Crippen LogP contribution in [0.25, 0.3) is 5.70 Å². The van der Waals surface area contributed by atoms with Crippen molar-refractivity contribution in [3.8, 4) is 0 Å². The van der Waals surface area contributed by atoms with Crippen molar-refractivity contribution in [2.75, 3.05) is 30.3 Å². The molecule has 0 spiro atoms. The normalized spacial score (nSPS) is 15.4. The van der Waals surface area contributed by atoms with Gasteiger partial charge in [0.25, 0.3) is 11.8 Å². The molecule has 0 atom stereocenters. The first-order chi connectivity index (χ1) is 15.8. The summed E-state index contributed by atoms with van der Waals surface area (Å²) >= 11 is 0. The van der Waals surface area contributed by atoms with Crippen LogP contribution in [-0.2, 0) is 0 Å². The van der Waals surface area contributed by atoms with Gasteiger partial charge in [-0.15, -0.1) is 0 Å². The van der Waals surface area contributed by atoms with E-state index in [0.717, 1.165) is 19.8 Å². The van der Waals surface area contributed by atoms with E-state index in [-0.39, 0.29) is 11.6 Å². The maximum absolute atomic E-state index is 13.7. The van der Waals surface area contributed by atoms with Crippen molar-refractivity contribution in [3.05, 3.63) is 48.2 Å². The Bertz CT molecular complexity index is 957. The van der Waals surface area contributed by atoms with Crippen LogP contribution >= 0.6 is 0 Å². The number of carbonyl (C=O) groups excluding carboxylic acids is 1. The van der Waals surface area contributed by atoms with Gasteiger partial charge in [0, 0.05) is 49.4 Å². The van der Waals surface area contributed by atoms with Crippen molar-refractivity contribution in [3.63, 3.8) is 0 Å². The van der Waals surface area contributed by atoms with Gasteiger partial charge in [-0.2, -0.15) is 0 Å². The summed E-state index contributed by atoms with van der Waals surface area (Å²) in [6, 6.07) is 3.21. The molecule has 178 valence electrons. The summed E-state index contributed by atoms with van der Waals surface area (Å²) in [6.07, 6.45) is 8.69. The Morgan fingerprint density at radius 1 is 1.33 bits per heavy atom. The second-order valence-corrected chi connectivity index (χ2v) is 8.19. The van der Waals surface area contributed by atoms with Gasteiger partial charge in [-0.3, -0.25) is 9.78 Å². The summed E-state index contributed by atoms with van der Waals surface area (Å²) in [7, 11) is 0. The number of allylic oxidation sites excluding steroid dienone is 1. The van der Waals surface area contributed by atoms with Gasteiger partial charge in [-0.1, -0.05) is 19.4 Å². The molecule has 2 aromatic heterocycles. The number of alkyl halides is 2. The number of piperidine rings is 1. The van der Waals surface area contributed by atoms with Gasteiger partial charge in [0.1, 0.15) is 17.8 Å². The van der Waals surface area contributed by atoms with Gasteiger partial charge >= 0.3 is 0 Å². The number of likely N-dealkylation sites (tertiary alicyclic amines) is 1. The first-order valence-corrected chi connectivity index (χ1v) is 11.1. The number of hydrogen-bond acceptors (Lipinski definition) is 7. The third-order valence-electron chi connectivity index (χ3n) is 5.24. The molecule has 8 nitrogen and oxygen atoms in total. The highest BCUT2D eigenvalue weighted by molar-refractivity contribution is 5.94. The smallest absolute Gasteiger partial charge is 0.272 e. The topological polar surface area (TPSA) is 103 Å². The molecule has 1 aliphatic rings. The molecule has 10 heteroatoms. The highest BCUT2D eigenvalue weighted by Crippen LogP contribution is 2.28. The Balaban J connectivity index is 1.94. The maximum Gasteiger partial charge on any atom is 0.272 e. The van der Waals surface area contributed by atoms with E-state index in [9.17, 15) is 18.7 Å². The van der Waals surface area contributed by atoms with Crippen LogP contribution in [0.3, 0.4) is 0 Å². The fourth-order valence-electron chi connectivity index (χ4n) is 3.43. The minimum atomic E-state index is -2.94. The minimum Gasteiger partial charge on any atom is -0.393 e. The first-order valence-electron chi connectivity index (χ1n) is 11.1. The highest BCUT2D eigenvalue weighted by Gasteiger charge is 2.26. The molecule has 3 rings (SSSR count). The lowest BCUT2D eigenvalue weighted by Gasteiger charge is -2.29. The Hall–Kier alpha value is -3.14. The number of pyridine rings is 1. The Morgan fingerprint density at radius 3 is 2.73 bits per heavy atom. The van der Waals surface area contributed by atoms with Crippen LogP contribution in [0.5, 0.6) is 0 Å². The first kappa shape index (κ1) is 24.5. The number of halogens is 2. The van der Waals surface area contributed by atoms with Gasteiger partial charge in [0.05, 0.1) is 12.6 Å². The second kappa shape index (κ2) is 11.1. The number of unbranched alkanes of at least 4 members (excludes halogenated alkanes) is 1. The van der Waals surface area contributed by atoms with Crippen LogP contribution < -0.4 is 10.6 Å². The average Bonchev–Trinajstić information content (AvgIpc) is 2.80. The minimum absolute atomic E-state index is 0.161. The van der Waals surface area contributed by atoms with E-state index in [2.05, 4.69) is 25.6 Å². The molecule has 3 heterocycles. The third-order valence-corrected chi connectivity index (χ3v) is 5.24. The van der Waals surface area contributed by atoms with Crippen LogP contribution in [-0.4, -0.2) is 62.5 Å². The van der Waals surface area contributed by atoms with Gasteiger partial charge in [0.2, 0.25) is 0 Å². The predicted molar refractivity (Wildman–Crippen MR) is 123 cm³/mol. The molecule has 1 aliphatic heterocycles. The van der Waals surface area contributed by atoms with E-state index in [1.54, 1.807) is 17.2 Å². The number of aliphatic hydroxyl groups is 1. The van der Waals surface area contributed by atoms with Crippen molar-refractivity contribution >= 4 is 23.1 Å².